The van der Waals surface area contributed by atoms with E-state index in [1.165, 1.54) is 24.8 Å². The fraction of sp³-hybridized carbons (Fsp3) is 0.400. The van der Waals surface area contributed by atoms with E-state index >= 15 is 0 Å². The Morgan fingerprint density at radius 1 is 0.921 bits per heavy atom. The number of anilines is 1. The second-order valence-electron chi connectivity index (χ2n) is 10.5. The van der Waals surface area contributed by atoms with Gasteiger partial charge in [-0.15, -0.1) is 0 Å². The smallest absolute Gasteiger partial charge is 0.253 e. The van der Waals surface area contributed by atoms with Gasteiger partial charge >= 0.3 is 0 Å². The van der Waals surface area contributed by atoms with Gasteiger partial charge in [-0.2, -0.15) is 0 Å². The van der Waals surface area contributed by atoms with Crippen LogP contribution in [0.3, 0.4) is 0 Å². The summed E-state index contributed by atoms with van der Waals surface area (Å²) in [5, 5.41) is 3.51. The lowest BCUT2D eigenvalue weighted by molar-refractivity contribution is 0.0664. The van der Waals surface area contributed by atoms with Gasteiger partial charge in [0.1, 0.15) is 5.52 Å². The molecular weight excluding hydrogens is 474 g/mol. The van der Waals surface area contributed by atoms with Crippen molar-refractivity contribution in [3.05, 3.63) is 72.1 Å². The van der Waals surface area contributed by atoms with Gasteiger partial charge in [-0.25, -0.2) is 15.0 Å². The molecule has 8 nitrogen and oxygen atoms in total. The number of nitrogens with zero attached hydrogens (tertiary/aromatic N) is 6. The number of amides is 1. The maximum atomic E-state index is 13.0. The van der Waals surface area contributed by atoms with E-state index in [0.717, 1.165) is 61.6 Å². The minimum atomic E-state index is 0.0848. The molecule has 0 spiro atoms. The Kier molecular flexibility index (Phi) is 7.05. The number of imidazole rings is 1. The number of hydrogen-bond acceptors (Lipinski definition) is 6. The van der Waals surface area contributed by atoms with Crippen LogP contribution in [-0.4, -0.2) is 68.5 Å². The lowest BCUT2D eigenvalue weighted by Gasteiger charge is -2.32. The van der Waals surface area contributed by atoms with Gasteiger partial charge in [0.2, 0.25) is 0 Å². The van der Waals surface area contributed by atoms with Gasteiger partial charge in [-0.3, -0.25) is 4.79 Å². The Balaban J connectivity index is 1.32. The summed E-state index contributed by atoms with van der Waals surface area (Å²) in [4.78, 5) is 31.9. The first kappa shape index (κ1) is 24.6. The lowest BCUT2D eigenvalue weighted by Crippen LogP contribution is -2.47. The largest absolute Gasteiger partial charge is 0.364 e. The molecule has 38 heavy (non-hydrogen) atoms. The highest BCUT2D eigenvalue weighted by atomic mass is 16.2. The zero-order valence-electron chi connectivity index (χ0n) is 22.0. The molecular formula is C30H35N7O. The second kappa shape index (κ2) is 10.9. The van der Waals surface area contributed by atoms with Crippen LogP contribution in [0.1, 0.15) is 54.1 Å². The fourth-order valence-electron chi connectivity index (χ4n) is 5.53. The summed E-state index contributed by atoms with van der Waals surface area (Å²) in [6.45, 7) is 3.99. The van der Waals surface area contributed by atoms with E-state index in [1.54, 1.807) is 0 Å². The van der Waals surface area contributed by atoms with Gasteiger partial charge in [0.05, 0.1) is 6.33 Å². The van der Waals surface area contributed by atoms with Crippen LogP contribution in [0.5, 0.6) is 0 Å². The average Bonchev–Trinajstić information content (AvgIpc) is 3.41. The third-order valence-corrected chi connectivity index (χ3v) is 7.87. The Bertz CT molecular complexity index is 1390. The van der Waals surface area contributed by atoms with Crippen molar-refractivity contribution in [2.24, 2.45) is 0 Å². The van der Waals surface area contributed by atoms with E-state index in [2.05, 4.69) is 34.0 Å². The molecule has 0 bridgehead atoms. The van der Waals surface area contributed by atoms with Gasteiger partial charge in [-0.05, 0) is 37.6 Å². The number of rotatable bonds is 6. The van der Waals surface area contributed by atoms with Crippen LogP contribution < -0.4 is 5.32 Å². The minimum Gasteiger partial charge on any atom is -0.364 e. The molecule has 8 heteroatoms. The minimum absolute atomic E-state index is 0.0848. The number of carbonyl (C=O) groups excluding carboxylic acids is 1. The highest BCUT2D eigenvalue weighted by Gasteiger charge is 2.23. The van der Waals surface area contributed by atoms with E-state index in [0.29, 0.717) is 24.0 Å². The van der Waals surface area contributed by atoms with Crippen molar-refractivity contribution in [2.45, 2.75) is 44.7 Å². The summed E-state index contributed by atoms with van der Waals surface area (Å²) >= 11 is 0. The zero-order valence-corrected chi connectivity index (χ0v) is 22.0. The number of hydrogen-bond donors (Lipinski definition) is 1. The molecule has 1 saturated carbocycles. The molecule has 1 amide bonds. The summed E-state index contributed by atoms with van der Waals surface area (Å²) in [7, 11) is 2.09. The van der Waals surface area contributed by atoms with Gasteiger partial charge in [0.15, 0.2) is 17.3 Å². The summed E-state index contributed by atoms with van der Waals surface area (Å²) in [6, 6.07) is 18.5. The Morgan fingerprint density at radius 3 is 2.39 bits per heavy atom. The average molecular weight is 510 g/mol. The number of piperazine rings is 1. The number of aromatic nitrogens is 4. The highest BCUT2D eigenvalue weighted by molar-refractivity contribution is 5.95. The van der Waals surface area contributed by atoms with E-state index in [4.69, 9.17) is 15.0 Å². The Morgan fingerprint density at radius 2 is 1.66 bits per heavy atom. The molecule has 1 N–H and O–H groups in total. The van der Waals surface area contributed by atoms with Crippen molar-refractivity contribution in [2.75, 3.05) is 38.5 Å². The number of benzene rings is 2. The third kappa shape index (κ3) is 5.13. The molecule has 1 saturated heterocycles. The normalized spacial score (nSPS) is 17.1. The van der Waals surface area contributed by atoms with E-state index in [1.807, 2.05) is 53.7 Å². The van der Waals surface area contributed by atoms with Crippen LogP contribution in [0.4, 0.5) is 5.82 Å². The fourth-order valence-corrected chi connectivity index (χ4v) is 5.53. The molecule has 2 fully saturated rings. The number of nitrogens with one attached hydrogen (secondary N) is 1. The summed E-state index contributed by atoms with van der Waals surface area (Å²) in [5.74, 6) is 1.46. The van der Waals surface area contributed by atoms with Crippen molar-refractivity contribution in [1.29, 1.82) is 0 Å². The SMILES string of the molecule is CN1CCN(C(=O)c2ccc(-c3nc(NCc4ccccc4)c4ncn(C5CCCCC5)c4n3)cc2)CC1. The Labute approximate surface area is 223 Å². The first-order chi connectivity index (χ1) is 18.7. The van der Waals surface area contributed by atoms with Crippen molar-refractivity contribution < 1.29 is 4.79 Å². The number of likely N-dealkylation sites (N-methyl/N-ethyl adjacent to an activating group) is 1. The molecule has 1 aliphatic heterocycles. The quantitative estimate of drug-likeness (QED) is 0.394. The lowest BCUT2D eigenvalue weighted by atomic mass is 9.95. The summed E-state index contributed by atoms with van der Waals surface area (Å²) < 4.78 is 2.25. The Hall–Kier alpha value is -3.78. The van der Waals surface area contributed by atoms with E-state index < -0.39 is 0 Å². The van der Waals surface area contributed by atoms with E-state index in [-0.39, 0.29) is 5.91 Å². The summed E-state index contributed by atoms with van der Waals surface area (Å²) in [5.41, 5.74) is 4.45. The predicted octanol–water partition coefficient (Wildman–Crippen LogP) is 5.00. The van der Waals surface area contributed by atoms with Gasteiger partial charge in [0, 0.05) is 49.9 Å². The molecule has 3 heterocycles. The maximum Gasteiger partial charge on any atom is 0.253 e. The number of fused-ring (bicyclic) bond motifs is 1. The van der Waals surface area contributed by atoms with Crippen LogP contribution in [0.15, 0.2) is 60.9 Å². The van der Waals surface area contributed by atoms with Crippen LogP contribution in [0.25, 0.3) is 22.6 Å². The van der Waals surface area contributed by atoms with Gasteiger partial charge in [0.25, 0.3) is 5.91 Å². The van der Waals surface area contributed by atoms with Crippen molar-refractivity contribution >= 4 is 22.9 Å². The van der Waals surface area contributed by atoms with Crippen LogP contribution in [0.2, 0.25) is 0 Å². The molecule has 2 aromatic carbocycles. The molecule has 0 unspecified atom stereocenters. The molecule has 2 aliphatic rings. The molecule has 2 aromatic heterocycles. The standard InChI is InChI=1S/C30H35N7O/c1-35-16-18-36(19-17-35)30(38)24-14-12-23(13-15-24)27-33-28(31-20-22-8-4-2-5-9-22)26-29(34-27)37(21-32-26)25-10-6-3-7-11-25/h2,4-5,8-9,12-15,21,25H,3,6-7,10-11,16-20H2,1H3,(H,31,33,34). The van der Waals surface area contributed by atoms with E-state index in [9.17, 15) is 4.79 Å². The third-order valence-electron chi connectivity index (χ3n) is 7.87. The molecule has 0 radical (unpaired) electrons. The van der Waals surface area contributed by atoms with Gasteiger partial charge < -0.3 is 19.7 Å². The van der Waals surface area contributed by atoms with Gasteiger partial charge in [-0.1, -0.05) is 61.7 Å². The zero-order chi connectivity index (χ0) is 25.9. The van der Waals surface area contributed by atoms with Crippen molar-refractivity contribution in [3.63, 3.8) is 0 Å². The molecule has 6 rings (SSSR count). The molecule has 4 aromatic rings. The molecule has 196 valence electrons. The molecule has 1 aliphatic carbocycles. The summed E-state index contributed by atoms with van der Waals surface area (Å²) in [6.07, 6.45) is 8.02. The van der Waals surface area contributed by atoms with Crippen molar-refractivity contribution in [1.82, 2.24) is 29.3 Å². The second-order valence-corrected chi connectivity index (χ2v) is 10.5. The number of carbonyl (C=O) groups is 1. The first-order valence-corrected chi connectivity index (χ1v) is 13.8. The first-order valence-electron chi connectivity index (χ1n) is 13.8. The van der Waals surface area contributed by atoms with Crippen LogP contribution in [0, 0.1) is 0 Å². The van der Waals surface area contributed by atoms with Crippen LogP contribution in [-0.2, 0) is 6.54 Å². The monoisotopic (exact) mass is 509 g/mol. The topological polar surface area (TPSA) is 79.2 Å². The predicted molar refractivity (Wildman–Crippen MR) is 150 cm³/mol. The molecule has 0 atom stereocenters. The maximum absolute atomic E-state index is 13.0. The highest BCUT2D eigenvalue weighted by Crippen LogP contribution is 2.33. The van der Waals surface area contributed by atoms with Crippen molar-refractivity contribution in [3.8, 4) is 11.4 Å². The van der Waals surface area contributed by atoms with Crippen LogP contribution >= 0.6 is 0 Å².